The van der Waals surface area contributed by atoms with Crippen molar-refractivity contribution < 1.29 is 17.9 Å². The Hall–Kier alpha value is -0.800. The smallest absolute Gasteiger partial charge is 0.370 e. The summed E-state index contributed by atoms with van der Waals surface area (Å²) in [5, 5.41) is 8.56. The fourth-order valence-electron chi connectivity index (χ4n) is 2.20. The molecule has 1 saturated heterocycles. The van der Waals surface area contributed by atoms with Gasteiger partial charge in [0.05, 0.1) is 17.8 Å². The Labute approximate surface area is 99.1 Å². The predicted octanol–water partition coefficient (Wildman–Crippen LogP) is 2.19. The van der Waals surface area contributed by atoms with Crippen molar-refractivity contribution in [3.63, 3.8) is 0 Å². The van der Waals surface area contributed by atoms with Crippen LogP contribution in [0.1, 0.15) is 20.8 Å². The van der Waals surface area contributed by atoms with E-state index >= 15 is 0 Å². The molecule has 0 aromatic carbocycles. The number of alkyl halides is 3. The molecule has 0 aromatic heterocycles. The van der Waals surface area contributed by atoms with E-state index in [1.165, 1.54) is 6.07 Å². The first-order valence-corrected chi connectivity index (χ1v) is 5.50. The van der Waals surface area contributed by atoms with E-state index in [2.05, 4.69) is 0 Å². The molecule has 0 aliphatic carbocycles. The molecule has 1 fully saturated rings. The highest BCUT2D eigenvalue weighted by atomic mass is 19.4. The van der Waals surface area contributed by atoms with Gasteiger partial charge in [-0.1, -0.05) is 0 Å². The fourth-order valence-corrected chi connectivity index (χ4v) is 2.20. The van der Waals surface area contributed by atoms with Crippen LogP contribution in [0.15, 0.2) is 0 Å². The molecule has 1 aliphatic heterocycles. The van der Waals surface area contributed by atoms with Crippen molar-refractivity contribution in [3.8, 4) is 6.07 Å². The molecule has 1 aliphatic rings. The topological polar surface area (TPSA) is 36.3 Å². The molecule has 17 heavy (non-hydrogen) atoms. The number of rotatable bonds is 2. The van der Waals surface area contributed by atoms with Gasteiger partial charge in [0, 0.05) is 19.6 Å². The molecule has 0 aromatic rings. The molecular formula is C11H17F3N2O. The normalized spacial score (nSPS) is 27.5. The predicted molar refractivity (Wildman–Crippen MR) is 56.2 cm³/mol. The molecule has 98 valence electrons. The minimum absolute atomic E-state index is 0.119. The molecule has 0 N–H and O–H groups in total. The second-order valence-corrected chi connectivity index (χ2v) is 5.11. The van der Waals surface area contributed by atoms with Gasteiger partial charge in [-0.2, -0.15) is 18.4 Å². The van der Waals surface area contributed by atoms with Crippen LogP contribution in [0.2, 0.25) is 0 Å². The number of hydrogen-bond donors (Lipinski definition) is 0. The average Bonchev–Trinajstić information content (AvgIpc) is 2.08. The van der Waals surface area contributed by atoms with E-state index in [9.17, 15) is 13.2 Å². The van der Waals surface area contributed by atoms with Crippen LogP contribution in [0, 0.1) is 17.2 Å². The monoisotopic (exact) mass is 250 g/mol. The lowest BCUT2D eigenvalue weighted by Gasteiger charge is -2.42. The second-order valence-electron chi connectivity index (χ2n) is 5.11. The molecule has 0 radical (unpaired) electrons. The van der Waals surface area contributed by atoms with Gasteiger partial charge in [0.15, 0.2) is 5.92 Å². The summed E-state index contributed by atoms with van der Waals surface area (Å²) < 4.78 is 43.1. The highest BCUT2D eigenvalue weighted by Gasteiger charge is 2.42. The van der Waals surface area contributed by atoms with Crippen molar-refractivity contribution in [2.45, 2.75) is 38.7 Å². The molecular weight excluding hydrogens is 233 g/mol. The Kier molecular flexibility index (Phi) is 4.05. The number of halogens is 3. The summed E-state index contributed by atoms with van der Waals surface area (Å²) in [6.45, 7) is 6.05. The standard InChI is InChI=1S/C11H17F3N2O/c1-8-5-16(7-10(2,3)17-8)6-9(4-15)11(12,13)14/h8-9H,5-7H2,1-3H3. The van der Waals surface area contributed by atoms with Crippen LogP contribution in [0.4, 0.5) is 13.2 Å². The van der Waals surface area contributed by atoms with Gasteiger partial charge in [-0.3, -0.25) is 4.90 Å². The molecule has 0 bridgehead atoms. The maximum Gasteiger partial charge on any atom is 0.405 e. The molecule has 1 rings (SSSR count). The first kappa shape index (κ1) is 14.3. The lowest BCUT2D eigenvalue weighted by Crippen LogP contribution is -2.53. The highest BCUT2D eigenvalue weighted by molar-refractivity contribution is 4.93. The van der Waals surface area contributed by atoms with Crippen molar-refractivity contribution in [1.29, 1.82) is 5.26 Å². The molecule has 1 heterocycles. The molecule has 6 heteroatoms. The molecule has 2 unspecified atom stereocenters. The zero-order chi connectivity index (χ0) is 13.3. The molecule has 2 atom stereocenters. The average molecular weight is 250 g/mol. The van der Waals surface area contributed by atoms with Crippen molar-refractivity contribution >= 4 is 0 Å². The van der Waals surface area contributed by atoms with Crippen LogP contribution in [0.5, 0.6) is 0 Å². The van der Waals surface area contributed by atoms with Crippen LogP contribution in [-0.2, 0) is 4.74 Å². The fraction of sp³-hybridized carbons (Fsp3) is 0.909. The first-order chi connectivity index (χ1) is 7.64. The van der Waals surface area contributed by atoms with E-state index in [-0.39, 0.29) is 12.6 Å². The van der Waals surface area contributed by atoms with Crippen LogP contribution >= 0.6 is 0 Å². The van der Waals surface area contributed by atoms with E-state index in [1.54, 1.807) is 4.90 Å². The molecule has 3 nitrogen and oxygen atoms in total. The largest absolute Gasteiger partial charge is 0.405 e. The van der Waals surface area contributed by atoms with E-state index in [4.69, 9.17) is 10.00 Å². The van der Waals surface area contributed by atoms with Gasteiger partial charge < -0.3 is 4.74 Å². The van der Waals surface area contributed by atoms with Gasteiger partial charge in [-0.15, -0.1) is 0 Å². The lowest BCUT2D eigenvalue weighted by atomic mass is 10.0. The third-order valence-corrected chi connectivity index (χ3v) is 2.63. The summed E-state index contributed by atoms with van der Waals surface area (Å²) >= 11 is 0. The number of nitrogens with zero attached hydrogens (tertiary/aromatic N) is 2. The second kappa shape index (κ2) is 4.83. The van der Waals surface area contributed by atoms with Gasteiger partial charge in [-0.05, 0) is 20.8 Å². The van der Waals surface area contributed by atoms with Gasteiger partial charge in [0.1, 0.15) is 0 Å². The van der Waals surface area contributed by atoms with Gasteiger partial charge in [0.2, 0.25) is 0 Å². The third kappa shape index (κ3) is 4.17. The Morgan fingerprint density at radius 1 is 1.53 bits per heavy atom. The number of nitriles is 1. The maximum absolute atomic E-state index is 12.5. The lowest BCUT2D eigenvalue weighted by molar-refractivity contribution is -0.177. The summed E-state index contributed by atoms with van der Waals surface area (Å²) in [5.74, 6) is -1.93. The minimum atomic E-state index is -4.46. The first-order valence-electron chi connectivity index (χ1n) is 5.50. The van der Waals surface area contributed by atoms with Gasteiger partial charge in [-0.25, -0.2) is 0 Å². The van der Waals surface area contributed by atoms with Crippen molar-refractivity contribution in [1.82, 2.24) is 4.90 Å². The van der Waals surface area contributed by atoms with Crippen LogP contribution < -0.4 is 0 Å². The van der Waals surface area contributed by atoms with Gasteiger partial charge in [0.25, 0.3) is 0 Å². The summed E-state index contributed by atoms with van der Waals surface area (Å²) in [7, 11) is 0. The van der Waals surface area contributed by atoms with E-state index in [1.807, 2.05) is 20.8 Å². The summed E-state index contributed by atoms with van der Waals surface area (Å²) in [6, 6.07) is 1.32. The Bertz CT molecular complexity index is 309. The Morgan fingerprint density at radius 2 is 2.12 bits per heavy atom. The van der Waals surface area contributed by atoms with Crippen molar-refractivity contribution in [2.75, 3.05) is 19.6 Å². The zero-order valence-electron chi connectivity index (χ0n) is 10.2. The van der Waals surface area contributed by atoms with Crippen LogP contribution in [-0.4, -0.2) is 42.4 Å². The molecule has 0 amide bonds. The Morgan fingerprint density at radius 3 is 2.53 bits per heavy atom. The van der Waals surface area contributed by atoms with E-state index in [0.717, 1.165) is 0 Å². The van der Waals surface area contributed by atoms with Crippen LogP contribution in [0.3, 0.4) is 0 Å². The Balaban J connectivity index is 2.65. The summed E-state index contributed by atoms with van der Waals surface area (Å²) in [4.78, 5) is 1.65. The van der Waals surface area contributed by atoms with E-state index in [0.29, 0.717) is 13.1 Å². The van der Waals surface area contributed by atoms with Crippen molar-refractivity contribution in [2.24, 2.45) is 5.92 Å². The third-order valence-electron chi connectivity index (χ3n) is 2.63. The maximum atomic E-state index is 12.5. The van der Waals surface area contributed by atoms with Crippen molar-refractivity contribution in [3.05, 3.63) is 0 Å². The number of morpholine rings is 1. The highest BCUT2D eigenvalue weighted by Crippen LogP contribution is 2.28. The summed E-state index contributed by atoms with van der Waals surface area (Å²) in [5.41, 5.74) is -0.469. The summed E-state index contributed by atoms with van der Waals surface area (Å²) in [6.07, 6.45) is -4.58. The van der Waals surface area contributed by atoms with Gasteiger partial charge >= 0.3 is 6.18 Å². The number of hydrogen-bond acceptors (Lipinski definition) is 3. The minimum Gasteiger partial charge on any atom is -0.370 e. The molecule has 0 saturated carbocycles. The van der Waals surface area contributed by atoms with E-state index < -0.39 is 17.7 Å². The zero-order valence-corrected chi connectivity index (χ0v) is 10.2. The molecule has 0 spiro atoms. The van der Waals surface area contributed by atoms with Crippen LogP contribution in [0.25, 0.3) is 0 Å². The SMILES string of the molecule is CC1CN(CC(C#N)C(F)(F)F)CC(C)(C)O1. The number of ether oxygens (including phenoxy) is 1. The quantitative estimate of drug-likeness (QED) is 0.753.